The van der Waals surface area contributed by atoms with E-state index < -0.39 is 0 Å². The lowest BCUT2D eigenvalue weighted by Crippen LogP contribution is -2.17. The Balaban J connectivity index is 1.71. The van der Waals surface area contributed by atoms with Gasteiger partial charge in [0, 0.05) is 24.0 Å². The van der Waals surface area contributed by atoms with Crippen LogP contribution in [0.1, 0.15) is 35.5 Å². The molecule has 5 heteroatoms. The van der Waals surface area contributed by atoms with E-state index in [0.717, 1.165) is 37.1 Å². The Morgan fingerprint density at radius 1 is 1.50 bits per heavy atom. The molecule has 4 nitrogen and oxygen atoms in total. The lowest BCUT2D eigenvalue weighted by atomic mass is 10.1. The quantitative estimate of drug-likeness (QED) is 0.704. The third-order valence-electron chi connectivity index (χ3n) is 4.62. The van der Waals surface area contributed by atoms with E-state index in [-0.39, 0.29) is 6.04 Å². The molecular weight excluding hydrogens is 316 g/mol. The molecule has 126 valence electrons. The lowest BCUT2D eigenvalue weighted by Gasteiger charge is -2.10. The number of rotatable bonds is 6. The molecule has 0 bridgehead atoms. The molecular formula is C19H24N4S. The normalized spacial score (nSPS) is 20.5. The molecule has 1 saturated heterocycles. The van der Waals surface area contributed by atoms with Gasteiger partial charge < -0.3 is 16.4 Å². The third kappa shape index (κ3) is 3.11. The van der Waals surface area contributed by atoms with E-state index >= 15 is 0 Å². The summed E-state index contributed by atoms with van der Waals surface area (Å²) >= 11 is 1.84. The van der Waals surface area contributed by atoms with Gasteiger partial charge in [-0.2, -0.15) is 0 Å². The van der Waals surface area contributed by atoms with Crippen LogP contribution in [0.25, 0.3) is 10.2 Å². The zero-order valence-corrected chi connectivity index (χ0v) is 15.0. The van der Waals surface area contributed by atoms with Gasteiger partial charge >= 0.3 is 0 Å². The fraction of sp³-hybridized carbons (Fsp3) is 0.421. The predicted octanol–water partition coefficient (Wildman–Crippen LogP) is 3.44. The van der Waals surface area contributed by atoms with Gasteiger partial charge in [-0.05, 0) is 43.9 Å². The van der Waals surface area contributed by atoms with E-state index in [1.807, 2.05) is 11.3 Å². The van der Waals surface area contributed by atoms with Gasteiger partial charge in [0.15, 0.2) is 0 Å². The molecule has 4 N–H and O–H groups in total. The van der Waals surface area contributed by atoms with Crippen LogP contribution < -0.4 is 16.4 Å². The fourth-order valence-corrected chi connectivity index (χ4v) is 4.52. The molecule has 2 aromatic heterocycles. The zero-order valence-electron chi connectivity index (χ0n) is 14.2. The van der Waals surface area contributed by atoms with Crippen molar-refractivity contribution in [1.82, 2.24) is 10.3 Å². The van der Waals surface area contributed by atoms with Gasteiger partial charge in [-0.3, -0.25) is 0 Å². The number of aryl methyl sites for hydroxylation is 1. The molecule has 4 rings (SSSR count). The average molecular weight is 340 g/mol. The van der Waals surface area contributed by atoms with E-state index in [9.17, 15) is 0 Å². The Kier molecular flexibility index (Phi) is 4.16. The fourth-order valence-electron chi connectivity index (χ4n) is 3.14. The molecule has 2 atom stereocenters. The molecule has 1 aliphatic heterocycles. The highest BCUT2D eigenvalue weighted by Crippen LogP contribution is 2.38. The molecule has 24 heavy (non-hydrogen) atoms. The second-order valence-corrected chi connectivity index (χ2v) is 7.98. The summed E-state index contributed by atoms with van der Waals surface area (Å²) in [5.41, 5.74) is 12.2. The number of nitrogens with zero attached hydrogens (tertiary/aromatic N) is 1. The molecule has 0 spiro atoms. The van der Waals surface area contributed by atoms with Gasteiger partial charge in [-0.1, -0.05) is 18.2 Å². The Labute approximate surface area is 146 Å². The minimum atomic E-state index is 0.174. The summed E-state index contributed by atoms with van der Waals surface area (Å²) in [7, 11) is 0. The Morgan fingerprint density at radius 3 is 3.00 bits per heavy atom. The number of allylic oxidation sites excluding steroid dienone is 3. The molecule has 0 amide bonds. The second kappa shape index (κ2) is 6.31. The van der Waals surface area contributed by atoms with Crippen LogP contribution in [0, 0.1) is 6.92 Å². The van der Waals surface area contributed by atoms with Crippen molar-refractivity contribution in [2.75, 3.05) is 18.4 Å². The van der Waals surface area contributed by atoms with Crippen LogP contribution in [0.4, 0.5) is 5.69 Å². The monoisotopic (exact) mass is 340 g/mol. The highest BCUT2D eigenvalue weighted by Gasteiger charge is 2.26. The van der Waals surface area contributed by atoms with Crippen molar-refractivity contribution < 1.29 is 0 Å². The number of nitrogens with two attached hydrogens (primary N) is 1. The number of aromatic nitrogens is 1. The summed E-state index contributed by atoms with van der Waals surface area (Å²) in [4.78, 5) is 6.30. The molecule has 0 aromatic carbocycles. The molecule has 0 saturated carbocycles. The van der Waals surface area contributed by atoms with Crippen LogP contribution in [0.3, 0.4) is 0 Å². The summed E-state index contributed by atoms with van der Waals surface area (Å²) in [6.45, 7) is 6.17. The van der Waals surface area contributed by atoms with Crippen molar-refractivity contribution in [1.29, 1.82) is 0 Å². The van der Waals surface area contributed by atoms with E-state index in [0.29, 0.717) is 6.04 Å². The van der Waals surface area contributed by atoms with Gasteiger partial charge in [-0.25, -0.2) is 4.98 Å². The molecule has 1 aliphatic carbocycles. The van der Waals surface area contributed by atoms with Crippen molar-refractivity contribution in [2.24, 2.45) is 5.73 Å². The molecule has 0 radical (unpaired) electrons. The van der Waals surface area contributed by atoms with E-state index in [1.165, 1.54) is 26.4 Å². The molecule has 1 fully saturated rings. The number of hydrogen-bond donors (Lipinski definition) is 3. The highest BCUT2D eigenvalue weighted by atomic mass is 32.1. The van der Waals surface area contributed by atoms with Crippen molar-refractivity contribution in [3.8, 4) is 0 Å². The van der Waals surface area contributed by atoms with Gasteiger partial charge in [0.1, 0.15) is 0 Å². The molecule has 2 aromatic rings. The molecule has 1 unspecified atom stereocenters. The molecule has 2 aliphatic rings. The highest BCUT2D eigenvalue weighted by molar-refractivity contribution is 7.19. The topological polar surface area (TPSA) is 72.9 Å². The Morgan fingerprint density at radius 2 is 2.33 bits per heavy atom. The number of fused-ring (bicyclic) bond motifs is 1. The lowest BCUT2D eigenvalue weighted by molar-refractivity contribution is 0.744. The number of anilines is 1. The summed E-state index contributed by atoms with van der Waals surface area (Å²) in [6, 6.07) is 2.81. The van der Waals surface area contributed by atoms with Crippen molar-refractivity contribution >= 4 is 27.2 Å². The summed E-state index contributed by atoms with van der Waals surface area (Å²) < 4.78 is 1.26. The summed E-state index contributed by atoms with van der Waals surface area (Å²) in [5, 5.41) is 7.02. The largest absolute Gasteiger partial charge is 0.380 e. The van der Waals surface area contributed by atoms with E-state index in [4.69, 9.17) is 10.7 Å². The first-order chi connectivity index (χ1) is 11.6. The smallest absolute Gasteiger partial charge is 0.0866 e. The SMILES string of the molecule is Cc1c(C[C@H](C)N)sc2c(NCC3=CC=CC3)cc(C3CN3)nc12. The average Bonchev–Trinajstić information content (AvgIpc) is 3.19. The van der Waals surface area contributed by atoms with Gasteiger partial charge in [-0.15, -0.1) is 11.3 Å². The minimum absolute atomic E-state index is 0.174. The predicted molar refractivity (Wildman–Crippen MR) is 103 cm³/mol. The first kappa shape index (κ1) is 15.8. The van der Waals surface area contributed by atoms with Crippen LogP contribution in [-0.4, -0.2) is 24.1 Å². The van der Waals surface area contributed by atoms with Crippen LogP contribution in [0.2, 0.25) is 0 Å². The van der Waals surface area contributed by atoms with Crippen LogP contribution in [0.5, 0.6) is 0 Å². The van der Waals surface area contributed by atoms with Crippen molar-refractivity contribution in [3.63, 3.8) is 0 Å². The van der Waals surface area contributed by atoms with E-state index in [2.05, 4.69) is 48.8 Å². The number of nitrogens with one attached hydrogen (secondary N) is 2. The number of hydrogen-bond acceptors (Lipinski definition) is 5. The van der Waals surface area contributed by atoms with Crippen molar-refractivity contribution in [3.05, 3.63) is 46.0 Å². The summed E-state index contributed by atoms with van der Waals surface area (Å²) in [6.07, 6.45) is 8.51. The Hall–Kier alpha value is -1.69. The van der Waals surface area contributed by atoms with Gasteiger partial charge in [0.2, 0.25) is 0 Å². The van der Waals surface area contributed by atoms with Gasteiger partial charge in [0.05, 0.1) is 27.6 Å². The minimum Gasteiger partial charge on any atom is -0.380 e. The van der Waals surface area contributed by atoms with Crippen LogP contribution in [0.15, 0.2) is 29.9 Å². The van der Waals surface area contributed by atoms with Crippen LogP contribution in [-0.2, 0) is 6.42 Å². The van der Waals surface area contributed by atoms with Crippen molar-refractivity contribution in [2.45, 2.75) is 38.8 Å². The number of thiophene rings is 1. The zero-order chi connectivity index (χ0) is 16.7. The standard InChI is InChI=1S/C19H24N4S/c1-11(20)7-17-12(2)18-19(24-17)15(8-14(23-18)16-10-22-16)21-9-13-5-3-4-6-13/h3-5,8,11,16,22H,6-7,9-10,20H2,1-2H3,(H,21,23)/t11-,16?/m0/s1. The maximum atomic E-state index is 6.03. The van der Waals surface area contributed by atoms with E-state index in [1.54, 1.807) is 0 Å². The summed E-state index contributed by atoms with van der Waals surface area (Å²) in [5.74, 6) is 0. The third-order valence-corrected chi connectivity index (χ3v) is 5.95. The second-order valence-electron chi connectivity index (χ2n) is 6.88. The Bertz CT molecular complexity index is 827. The maximum Gasteiger partial charge on any atom is 0.0866 e. The molecule has 3 heterocycles. The first-order valence-corrected chi connectivity index (χ1v) is 9.44. The number of pyridine rings is 1. The van der Waals surface area contributed by atoms with Crippen LogP contribution >= 0.6 is 11.3 Å². The van der Waals surface area contributed by atoms with Gasteiger partial charge in [0.25, 0.3) is 0 Å². The first-order valence-electron chi connectivity index (χ1n) is 8.62. The maximum absolute atomic E-state index is 6.03.